The van der Waals surface area contributed by atoms with Gasteiger partial charge >= 0.3 is 0 Å². The molecule has 1 aliphatic carbocycles. The number of nitrogens with zero attached hydrogens (tertiary/aromatic N) is 2. The Hall–Kier alpha value is -1.52. The van der Waals surface area contributed by atoms with Crippen molar-refractivity contribution in [2.75, 3.05) is 23.4 Å². The van der Waals surface area contributed by atoms with E-state index >= 15 is 0 Å². The summed E-state index contributed by atoms with van der Waals surface area (Å²) < 4.78 is 0. The van der Waals surface area contributed by atoms with Crippen LogP contribution in [0.2, 0.25) is 0 Å². The predicted octanol–water partition coefficient (Wildman–Crippen LogP) is 2.24. The van der Waals surface area contributed by atoms with E-state index in [1.54, 1.807) is 6.33 Å². The van der Waals surface area contributed by atoms with Gasteiger partial charge < -0.3 is 16.4 Å². The molecule has 4 N–H and O–H groups in total. The Labute approximate surface area is 102 Å². The number of hydrogen-bond donors (Lipinski definition) is 3. The molecule has 1 aromatic rings. The third kappa shape index (κ3) is 2.99. The second-order valence-corrected chi connectivity index (χ2v) is 4.57. The Balaban J connectivity index is 2.06. The van der Waals surface area contributed by atoms with Gasteiger partial charge in [-0.2, -0.15) is 0 Å². The summed E-state index contributed by atoms with van der Waals surface area (Å²) in [7, 11) is 1.81. The van der Waals surface area contributed by atoms with Crippen molar-refractivity contribution in [3.8, 4) is 0 Å². The summed E-state index contributed by atoms with van der Waals surface area (Å²) in [6, 6.07) is 0.499. The van der Waals surface area contributed by atoms with Gasteiger partial charge in [0.05, 0.1) is 0 Å². The zero-order valence-corrected chi connectivity index (χ0v) is 10.4. The molecule has 1 saturated carbocycles. The van der Waals surface area contributed by atoms with Crippen LogP contribution in [0.4, 0.5) is 17.3 Å². The van der Waals surface area contributed by atoms with Crippen molar-refractivity contribution in [1.29, 1.82) is 0 Å². The summed E-state index contributed by atoms with van der Waals surface area (Å²) in [4.78, 5) is 8.31. The van der Waals surface area contributed by atoms with E-state index < -0.39 is 0 Å². The van der Waals surface area contributed by atoms with Crippen LogP contribution in [0, 0.1) is 0 Å². The van der Waals surface area contributed by atoms with E-state index in [4.69, 9.17) is 5.73 Å². The molecular formula is C12H21N5. The molecule has 0 aromatic carbocycles. The zero-order valence-electron chi connectivity index (χ0n) is 10.4. The highest BCUT2D eigenvalue weighted by molar-refractivity contribution is 5.73. The Bertz CT molecular complexity index is 358. The van der Waals surface area contributed by atoms with Gasteiger partial charge in [0.25, 0.3) is 0 Å². The first-order valence-electron chi connectivity index (χ1n) is 6.36. The summed E-state index contributed by atoms with van der Waals surface area (Å²) in [5.74, 6) is 1.45. The maximum atomic E-state index is 6.00. The second kappa shape index (κ2) is 5.70. The van der Waals surface area contributed by atoms with Crippen LogP contribution in [0.25, 0.3) is 0 Å². The number of aromatic nitrogens is 2. The number of hydrogen-bond acceptors (Lipinski definition) is 5. The minimum absolute atomic E-state index is 0.499. The van der Waals surface area contributed by atoms with Crippen molar-refractivity contribution in [3.63, 3.8) is 0 Å². The molecule has 5 nitrogen and oxygen atoms in total. The lowest BCUT2D eigenvalue weighted by molar-refractivity contribution is 0.618. The van der Waals surface area contributed by atoms with E-state index in [0.29, 0.717) is 17.5 Å². The summed E-state index contributed by atoms with van der Waals surface area (Å²) in [5, 5.41) is 6.42. The quantitative estimate of drug-likeness (QED) is 0.700. The van der Waals surface area contributed by atoms with E-state index in [-0.39, 0.29) is 0 Å². The molecule has 0 unspecified atom stereocenters. The van der Waals surface area contributed by atoms with Crippen molar-refractivity contribution in [2.24, 2.45) is 0 Å². The van der Waals surface area contributed by atoms with Gasteiger partial charge in [-0.25, -0.2) is 9.97 Å². The van der Waals surface area contributed by atoms with Crippen LogP contribution in [-0.4, -0.2) is 23.1 Å². The van der Waals surface area contributed by atoms with Crippen LogP contribution in [-0.2, 0) is 0 Å². The fourth-order valence-electron chi connectivity index (χ4n) is 2.33. The SMILES string of the molecule is CNc1ncnc(NC2CCCCCC2)c1N. The number of anilines is 3. The lowest BCUT2D eigenvalue weighted by atomic mass is 10.1. The van der Waals surface area contributed by atoms with Gasteiger partial charge in [0, 0.05) is 13.1 Å². The fraction of sp³-hybridized carbons (Fsp3) is 0.667. The van der Waals surface area contributed by atoms with Crippen molar-refractivity contribution in [1.82, 2.24) is 9.97 Å². The van der Waals surface area contributed by atoms with Gasteiger partial charge in [-0.15, -0.1) is 0 Å². The normalized spacial score (nSPS) is 17.5. The average Bonchev–Trinajstić information content (AvgIpc) is 2.60. The molecule has 1 fully saturated rings. The van der Waals surface area contributed by atoms with Crippen molar-refractivity contribution in [2.45, 2.75) is 44.6 Å². The van der Waals surface area contributed by atoms with Crippen LogP contribution < -0.4 is 16.4 Å². The van der Waals surface area contributed by atoms with Gasteiger partial charge in [-0.3, -0.25) is 0 Å². The average molecular weight is 235 g/mol. The Morgan fingerprint density at radius 1 is 1.12 bits per heavy atom. The highest BCUT2D eigenvalue weighted by Gasteiger charge is 2.14. The summed E-state index contributed by atoms with van der Waals surface area (Å²) in [5.41, 5.74) is 6.61. The lowest BCUT2D eigenvalue weighted by Crippen LogP contribution is -2.20. The predicted molar refractivity (Wildman–Crippen MR) is 71.1 cm³/mol. The number of nitrogens with two attached hydrogens (primary N) is 1. The standard InChI is InChI=1S/C12H21N5/c1-14-11-10(13)12(16-8-15-11)17-9-6-4-2-3-5-7-9/h8-9H,2-7,13H2,1H3,(H2,14,15,16,17). The highest BCUT2D eigenvalue weighted by Crippen LogP contribution is 2.26. The molecule has 0 amide bonds. The van der Waals surface area contributed by atoms with Gasteiger partial charge in [0.15, 0.2) is 11.6 Å². The van der Waals surface area contributed by atoms with Crippen LogP contribution in [0.3, 0.4) is 0 Å². The summed E-state index contributed by atoms with van der Waals surface area (Å²) >= 11 is 0. The first-order chi connectivity index (χ1) is 8.31. The maximum absolute atomic E-state index is 6.00. The van der Waals surface area contributed by atoms with Crippen molar-refractivity contribution >= 4 is 17.3 Å². The zero-order chi connectivity index (χ0) is 12.1. The molecular weight excluding hydrogens is 214 g/mol. The van der Waals surface area contributed by atoms with E-state index in [9.17, 15) is 0 Å². The summed E-state index contributed by atoms with van der Waals surface area (Å²) in [6.07, 6.45) is 9.24. The third-order valence-corrected chi connectivity index (χ3v) is 3.32. The molecule has 5 heteroatoms. The molecule has 0 spiro atoms. The monoisotopic (exact) mass is 235 g/mol. The van der Waals surface area contributed by atoms with Crippen LogP contribution >= 0.6 is 0 Å². The van der Waals surface area contributed by atoms with E-state index in [2.05, 4.69) is 20.6 Å². The first kappa shape index (κ1) is 12.0. The maximum Gasteiger partial charge on any atom is 0.155 e. The highest BCUT2D eigenvalue weighted by atomic mass is 15.1. The van der Waals surface area contributed by atoms with Gasteiger partial charge in [-0.1, -0.05) is 25.7 Å². The topological polar surface area (TPSA) is 75.9 Å². The van der Waals surface area contributed by atoms with E-state index in [1.807, 2.05) is 7.05 Å². The molecule has 94 valence electrons. The van der Waals surface area contributed by atoms with Gasteiger partial charge in [0.1, 0.15) is 12.0 Å². The minimum Gasteiger partial charge on any atom is -0.393 e. The first-order valence-corrected chi connectivity index (χ1v) is 6.36. The molecule has 0 bridgehead atoms. The molecule has 0 saturated heterocycles. The Morgan fingerprint density at radius 2 is 1.76 bits per heavy atom. The molecule has 17 heavy (non-hydrogen) atoms. The van der Waals surface area contributed by atoms with E-state index in [1.165, 1.54) is 38.5 Å². The number of rotatable bonds is 3. The molecule has 0 radical (unpaired) electrons. The van der Waals surface area contributed by atoms with Gasteiger partial charge in [0.2, 0.25) is 0 Å². The van der Waals surface area contributed by atoms with Gasteiger partial charge in [-0.05, 0) is 12.8 Å². The van der Waals surface area contributed by atoms with Crippen LogP contribution in [0.5, 0.6) is 0 Å². The third-order valence-electron chi connectivity index (χ3n) is 3.32. The van der Waals surface area contributed by atoms with E-state index in [0.717, 1.165) is 5.82 Å². The smallest absolute Gasteiger partial charge is 0.155 e. The largest absolute Gasteiger partial charge is 0.393 e. The Kier molecular flexibility index (Phi) is 4.01. The van der Waals surface area contributed by atoms with Crippen molar-refractivity contribution in [3.05, 3.63) is 6.33 Å². The molecule has 1 aliphatic rings. The number of nitrogen functional groups attached to an aromatic ring is 1. The second-order valence-electron chi connectivity index (χ2n) is 4.57. The molecule has 1 heterocycles. The molecule has 1 aromatic heterocycles. The minimum atomic E-state index is 0.499. The van der Waals surface area contributed by atoms with Crippen LogP contribution in [0.15, 0.2) is 6.33 Å². The summed E-state index contributed by atoms with van der Waals surface area (Å²) in [6.45, 7) is 0. The van der Waals surface area contributed by atoms with Crippen LogP contribution in [0.1, 0.15) is 38.5 Å². The lowest BCUT2D eigenvalue weighted by Gasteiger charge is -2.18. The fourth-order valence-corrected chi connectivity index (χ4v) is 2.33. The molecule has 0 aliphatic heterocycles. The number of nitrogens with one attached hydrogen (secondary N) is 2. The van der Waals surface area contributed by atoms with Crippen molar-refractivity contribution < 1.29 is 0 Å². The Morgan fingerprint density at radius 3 is 2.41 bits per heavy atom. The molecule has 0 atom stereocenters. The molecule has 2 rings (SSSR count).